The van der Waals surface area contributed by atoms with E-state index in [0.29, 0.717) is 0 Å². The highest BCUT2D eigenvalue weighted by atomic mass is 15.1. The third kappa shape index (κ3) is 5.52. The first-order valence-electron chi connectivity index (χ1n) is 20.7. The van der Waals surface area contributed by atoms with Crippen molar-refractivity contribution in [3.05, 3.63) is 221 Å². The minimum absolute atomic E-state index is 0.0616. The van der Waals surface area contributed by atoms with Crippen LogP contribution in [0.15, 0.2) is 188 Å². The molecule has 1 nitrogen and oxygen atoms in total. The molecule has 8 aromatic carbocycles. The molecule has 0 saturated carbocycles. The van der Waals surface area contributed by atoms with Crippen LogP contribution in [0.3, 0.4) is 0 Å². The summed E-state index contributed by atoms with van der Waals surface area (Å²) in [6.07, 6.45) is 0. The SMILES string of the molecule is CC(C)(C)c1ccc(N(c2ccc(-c3ccccc3-c3cccc4c3C(C)(C)c3ccccc3-4)cc2)c2ccc3c(c2)C(C)(c2ccccc2)c2ccccc2-3)cc1. The molecule has 2 aliphatic rings. The van der Waals surface area contributed by atoms with E-state index in [1.165, 1.54) is 77.9 Å². The summed E-state index contributed by atoms with van der Waals surface area (Å²) in [5, 5.41) is 0. The van der Waals surface area contributed by atoms with E-state index in [4.69, 9.17) is 0 Å². The number of hydrogen-bond donors (Lipinski definition) is 0. The molecule has 1 heteroatoms. The van der Waals surface area contributed by atoms with E-state index in [-0.39, 0.29) is 16.2 Å². The van der Waals surface area contributed by atoms with E-state index in [2.05, 4.69) is 234 Å². The van der Waals surface area contributed by atoms with Crippen LogP contribution in [0, 0.1) is 0 Å². The van der Waals surface area contributed by atoms with E-state index in [1.807, 2.05) is 0 Å². The Morgan fingerprint density at radius 2 is 0.862 bits per heavy atom. The fraction of sp³-hybridized carbons (Fsp3) is 0.158. The molecule has 0 heterocycles. The fourth-order valence-electron chi connectivity index (χ4n) is 10.1. The van der Waals surface area contributed by atoms with Crippen LogP contribution in [0.1, 0.15) is 74.9 Å². The Labute approximate surface area is 344 Å². The number of rotatable bonds is 6. The van der Waals surface area contributed by atoms with Crippen molar-refractivity contribution in [3.8, 4) is 44.5 Å². The zero-order chi connectivity index (χ0) is 39.8. The molecule has 2 aliphatic carbocycles. The zero-order valence-electron chi connectivity index (χ0n) is 34.3. The maximum atomic E-state index is 2.44. The van der Waals surface area contributed by atoms with Crippen molar-refractivity contribution in [1.29, 1.82) is 0 Å². The Morgan fingerprint density at radius 1 is 0.379 bits per heavy atom. The molecule has 0 radical (unpaired) electrons. The van der Waals surface area contributed by atoms with Crippen molar-refractivity contribution in [3.63, 3.8) is 0 Å². The highest BCUT2D eigenvalue weighted by Gasteiger charge is 2.41. The number of nitrogens with zero attached hydrogens (tertiary/aromatic N) is 1. The monoisotopic (exact) mass is 747 g/mol. The highest BCUT2D eigenvalue weighted by molar-refractivity contribution is 5.93. The van der Waals surface area contributed by atoms with Crippen molar-refractivity contribution in [1.82, 2.24) is 0 Å². The largest absolute Gasteiger partial charge is 0.310 e. The second kappa shape index (κ2) is 13.3. The predicted molar refractivity (Wildman–Crippen MR) is 246 cm³/mol. The molecule has 0 aromatic heterocycles. The summed E-state index contributed by atoms with van der Waals surface area (Å²) < 4.78 is 0. The summed E-state index contributed by atoms with van der Waals surface area (Å²) in [6.45, 7) is 14.0. The molecule has 10 rings (SSSR count). The van der Waals surface area contributed by atoms with Crippen molar-refractivity contribution in [2.75, 3.05) is 4.90 Å². The summed E-state index contributed by atoms with van der Waals surface area (Å²) >= 11 is 0. The first-order chi connectivity index (χ1) is 28.0. The Balaban J connectivity index is 1.10. The lowest BCUT2D eigenvalue weighted by Gasteiger charge is -2.31. The molecule has 0 N–H and O–H groups in total. The third-order valence-corrected chi connectivity index (χ3v) is 13.1. The molecular weight excluding hydrogens is 699 g/mol. The van der Waals surface area contributed by atoms with E-state index in [9.17, 15) is 0 Å². The standard InChI is InChI=1S/C57H49N/c1-55(2,3)39-29-33-42(34-30-39)58(43-35-36-48-46-21-13-15-26-52(46)57(6,53(48)37-43)40-17-8-7-9-18-40)41-31-27-38(28-32-41)44-19-10-11-20-45(44)49-23-16-24-50-47-22-12-14-25-51(47)56(4,5)54(49)50/h7-37H,1-6H3. The fourth-order valence-corrected chi connectivity index (χ4v) is 10.1. The second-order valence-corrected chi connectivity index (χ2v) is 17.9. The predicted octanol–water partition coefficient (Wildman–Crippen LogP) is 15.4. The van der Waals surface area contributed by atoms with Gasteiger partial charge in [0.25, 0.3) is 0 Å². The zero-order valence-corrected chi connectivity index (χ0v) is 34.3. The van der Waals surface area contributed by atoms with Gasteiger partial charge >= 0.3 is 0 Å². The van der Waals surface area contributed by atoms with E-state index < -0.39 is 0 Å². The van der Waals surface area contributed by atoms with Crippen LogP contribution in [0.5, 0.6) is 0 Å². The van der Waals surface area contributed by atoms with E-state index >= 15 is 0 Å². The van der Waals surface area contributed by atoms with E-state index in [0.717, 1.165) is 17.1 Å². The summed E-state index contributed by atoms with van der Waals surface area (Å²) in [6, 6.07) is 70.1. The maximum Gasteiger partial charge on any atom is 0.0465 e. The number of hydrogen-bond acceptors (Lipinski definition) is 1. The van der Waals surface area contributed by atoms with Gasteiger partial charge in [-0.25, -0.2) is 0 Å². The van der Waals surface area contributed by atoms with Gasteiger partial charge in [-0.1, -0.05) is 186 Å². The van der Waals surface area contributed by atoms with Gasteiger partial charge in [0.2, 0.25) is 0 Å². The van der Waals surface area contributed by atoms with Gasteiger partial charge in [-0.2, -0.15) is 0 Å². The van der Waals surface area contributed by atoms with Crippen LogP contribution in [0.4, 0.5) is 17.1 Å². The summed E-state index contributed by atoms with van der Waals surface area (Å²) in [5.74, 6) is 0. The first-order valence-corrected chi connectivity index (χ1v) is 20.7. The van der Waals surface area contributed by atoms with Crippen LogP contribution in [0.25, 0.3) is 44.5 Å². The molecule has 58 heavy (non-hydrogen) atoms. The second-order valence-electron chi connectivity index (χ2n) is 17.9. The number of benzene rings is 8. The third-order valence-electron chi connectivity index (χ3n) is 13.1. The van der Waals surface area contributed by atoms with Gasteiger partial charge in [0.1, 0.15) is 0 Å². The lowest BCUT2D eigenvalue weighted by Crippen LogP contribution is -2.22. The molecule has 282 valence electrons. The molecule has 8 aromatic rings. The molecule has 0 aliphatic heterocycles. The van der Waals surface area contributed by atoms with Gasteiger partial charge in [-0.15, -0.1) is 0 Å². The quantitative estimate of drug-likeness (QED) is 0.164. The molecule has 0 fully saturated rings. The van der Waals surface area contributed by atoms with Crippen molar-refractivity contribution in [2.45, 2.75) is 57.8 Å². The Kier molecular flexibility index (Phi) is 8.25. The minimum Gasteiger partial charge on any atom is -0.310 e. The van der Waals surface area contributed by atoms with Gasteiger partial charge in [-0.3, -0.25) is 0 Å². The van der Waals surface area contributed by atoms with Crippen LogP contribution < -0.4 is 4.90 Å². The first kappa shape index (κ1) is 35.9. The normalized spacial score (nSPS) is 16.0. The molecular formula is C57H49N. The van der Waals surface area contributed by atoms with Crippen molar-refractivity contribution < 1.29 is 0 Å². The number of fused-ring (bicyclic) bond motifs is 6. The maximum absolute atomic E-state index is 2.44. The molecule has 0 amide bonds. The average molecular weight is 748 g/mol. The summed E-state index contributed by atoms with van der Waals surface area (Å²) in [5.41, 5.74) is 21.5. The van der Waals surface area contributed by atoms with Crippen LogP contribution in [0.2, 0.25) is 0 Å². The number of anilines is 3. The lowest BCUT2D eigenvalue weighted by molar-refractivity contribution is 0.590. The molecule has 0 spiro atoms. The highest BCUT2D eigenvalue weighted by Crippen LogP contribution is 2.55. The molecule has 1 unspecified atom stereocenters. The van der Waals surface area contributed by atoms with Crippen LogP contribution >= 0.6 is 0 Å². The smallest absolute Gasteiger partial charge is 0.0465 e. The van der Waals surface area contributed by atoms with Crippen LogP contribution in [-0.4, -0.2) is 0 Å². The van der Waals surface area contributed by atoms with Gasteiger partial charge in [-0.05, 0) is 127 Å². The average Bonchev–Trinajstić information content (AvgIpc) is 3.65. The van der Waals surface area contributed by atoms with Crippen LogP contribution in [-0.2, 0) is 16.2 Å². The Bertz CT molecular complexity index is 2840. The summed E-state index contributed by atoms with van der Waals surface area (Å²) in [4.78, 5) is 2.43. The molecule has 0 bridgehead atoms. The summed E-state index contributed by atoms with van der Waals surface area (Å²) in [7, 11) is 0. The van der Waals surface area contributed by atoms with E-state index in [1.54, 1.807) is 0 Å². The van der Waals surface area contributed by atoms with Crippen molar-refractivity contribution >= 4 is 17.1 Å². The molecule has 0 saturated heterocycles. The topological polar surface area (TPSA) is 3.24 Å². The van der Waals surface area contributed by atoms with Gasteiger partial charge in [0.05, 0.1) is 0 Å². The lowest BCUT2D eigenvalue weighted by atomic mass is 9.74. The Morgan fingerprint density at radius 3 is 1.52 bits per heavy atom. The van der Waals surface area contributed by atoms with Gasteiger partial charge in [0, 0.05) is 27.9 Å². The molecule has 1 atom stereocenters. The van der Waals surface area contributed by atoms with Crippen molar-refractivity contribution in [2.24, 2.45) is 0 Å². The Hall–Kier alpha value is -6.44. The minimum atomic E-state index is -0.286. The van der Waals surface area contributed by atoms with Gasteiger partial charge < -0.3 is 4.90 Å². The van der Waals surface area contributed by atoms with Gasteiger partial charge in [0.15, 0.2) is 0 Å².